The average molecular weight is 319 g/mol. The van der Waals surface area contributed by atoms with Gasteiger partial charge in [0.15, 0.2) is 0 Å². The first-order valence-electron chi connectivity index (χ1n) is 9.93. The van der Waals surface area contributed by atoms with Gasteiger partial charge in [-0.25, -0.2) is 0 Å². The van der Waals surface area contributed by atoms with Gasteiger partial charge >= 0.3 is 0 Å². The zero-order valence-corrected chi connectivity index (χ0v) is 15.9. The smallest absolute Gasteiger partial charge is 0.119 e. The van der Waals surface area contributed by atoms with Crippen LogP contribution in [0.5, 0.6) is 5.75 Å². The van der Waals surface area contributed by atoms with E-state index in [9.17, 15) is 5.11 Å². The minimum atomic E-state index is 0.459. The zero-order chi connectivity index (χ0) is 17.1. The predicted octanol–water partition coefficient (Wildman–Crippen LogP) is 7.54. The summed E-state index contributed by atoms with van der Waals surface area (Å²) >= 11 is 0. The van der Waals surface area contributed by atoms with Crippen LogP contribution in [0, 0.1) is 0 Å². The molecule has 0 aliphatic rings. The molecule has 132 valence electrons. The molecule has 1 N–H and O–H groups in total. The molecule has 0 radical (unpaired) electrons. The van der Waals surface area contributed by atoms with Crippen molar-refractivity contribution in [2.24, 2.45) is 0 Å². The van der Waals surface area contributed by atoms with Crippen LogP contribution >= 0.6 is 0 Å². The summed E-state index contributed by atoms with van der Waals surface area (Å²) in [5.74, 6) is 1.51. The molecule has 0 aliphatic carbocycles. The molecule has 1 aromatic rings. The second-order valence-electron chi connectivity index (χ2n) is 7.28. The van der Waals surface area contributed by atoms with Crippen LogP contribution in [0.2, 0.25) is 0 Å². The van der Waals surface area contributed by atoms with Crippen molar-refractivity contribution in [3.63, 3.8) is 0 Å². The quantitative estimate of drug-likeness (QED) is 0.395. The van der Waals surface area contributed by atoms with E-state index in [0.717, 1.165) is 0 Å². The molecule has 0 saturated heterocycles. The second kappa shape index (κ2) is 11.5. The number of phenols is 1. The molecule has 0 spiro atoms. The summed E-state index contributed by atoms with van der Waals surface area (Å²) in [5.41, 5.74) is 2.59. The molecule has 1 nitrogen and oxygen atoms in total. The van der Waals surface area contributed by atoms with Gasteiger partial charge < -0.3 is 5.11 Å². The maximum atomic E-state index is 10.4. The van der Waals surface area contributed by atoms with Crippen LogP contribution in [0.15, 0.2) is 18.2 Å². The van der Waals surface area contributed by atoms with Crippen molar-refractivity contribution >= 4 is 0 Å². The topological polar surface area (TPSA) is 20.2 Å². The molecular weight excluding hydrogens is 280 g/mol. The summed E-state index contributed by atoms with van der Waals surface area (Å²) in [5, 5.41) is 10.4. The van der Waals surface area contributed by atoms with Gasteiger partial charge in [-0.3, -0.25) is 0 Å². The lowest BCUT2D eigenvalue weighted by molar-refractivity contribution is 0.453. The number of aromatic hydroxyl groups is 1. The fourth-order valence-electron chi connectivity index (χ4n) is 3.59. The van der Waals surface area contributed by atoms with Crippen LogP contribution in [0.1, 0.15) is 115 Å². The van der Waals surface area contributed by atoms with Crippen molar-refractivity contribution in [3.05, 3.63) is 29.3 Å². The standard InChI is InChI=1S/C22H38O/c1-5-7-9-11-14-18(3)20-16-13-17-21(23)22(20)19(4)15-12-10-8-6-2/h13,16-19,23H,5-12,14-15H2,1-4H3. The Morgan fingerprint density at radius 3 is 1.91 bits per heavy atom. The molecule has 2 atom stereocenters. The van der Waals surface area contributed by atoms with Gasteiger partial charge in [0, 0.05) is 5.56 Å². The maximum absolute atomic E-state index is 10.4. The lowest BCUT2D eigenvalue weighted by Gasteiger charge is -2.22. The monoisotopic (exact) mass is 318 g/mol. The maximum Gasteiger partial charge on any atom is 0.119 e. The van der Waals surface area contributed by atoms with E-state index >= 15 is 0 Å². The molecule has 23 heavy (non-hydrogen) atoms. The molecule has 2 unspecified atom stereocenters. The van der Waals surface area contributed by atoms with Gasteiger partial charge in [0.25, 0.3) is 0 Å². The molecule has 1 aromatic carbocycles. The summed E-state index contributed by atoms with van der Waals surface area (Å²) in [6.07, 6.45) is 12.9. The highest BCUT2D eigenvalue weighted by molar-refractivity contribution is 5.43. The Morgan fingerprint density at radius 2 is 1.35 bits per heavy atom. The number of benzene rings is 1. The van der Waals surface area contributed by atoms with Crippen molar-refractivity contribution < 1.29 is 5.11 Å². The van der Waals surface area contributed by atoms with Crippen molar-refractivity contribution in [2.45, 2.75) is 104 Å². The number of rotatable bonds is 12. The fraction of sp³-hybridized carbons (Fsp3) is 0.727. The Bertz CT molecular complexity index is 424. The minimum absolute atomic E-state index is 0.459. The van der Waals surface area contributed by atoms with Crippen LogP contribution in [0.3, 0.4) is 0 Å². The van der Waals surface area contributed by atoms with E-state index in [-0.39, 0.29) is 0 Å². The molecule has 0 aromatic heterocycles. The Hall–Kier alpha value is -0.980. The van der Waals surface area contributed by atoms with Gasteiger partial charge in [0.05, 0.1) is 0 Å². The Kier molecular flexibility index (Phi) is 10.1. The number of hydrogen-bond donors (Lipinski definition) is 1. The van der Waals surface area contributed by atoms with Gasteiger partial charge in [-0.05, 0) is 36.3 Å². The zero-order valence-electron chi connectivity index (χ0n) is 15.9. The van der Waals surface area contributed by atoms with Crippen molar-refractivity contribution in [2.75, 3.05) is 0 Å². The first kappa shape index (κ1) is 20.1. The minimum Gasteiger partial charge on any atom is -0.508 e. The molecule has 0 saturated carbocycles. The predicted molar refractivity (Wildman–Crippen MR) is 102 cm³/mol. The first-order chi connectivity index (χ1) is 11.1. The fourth-order valence-corrected chi connectivity index (χ4v) is 3.59. The van der Waals surface area contributed by atoms with Gasteiger partial charge in [0.1, 0.15) is 5.75 Å². The van der Waals surface area contributed by atoms with Gasteiger partial charge in [-0.15, -0.1) is 0 Å². The normalized spacial score (nSPS) is 13.9. The molecule has 1 rings (SSSR count). The van der Waals surface area contributed by atoms with E-state index in [1.165, 1.54) is 75.3 Å². The van der Waals surface area contributed by atoms with Gasteiger partial charge in [-0.1, -0.05) is 91.2 Å². The molecule has 0 fully saturated rings. The highest BCUT2D eigenvalue weighted by Gasteiger charge is 2.18. The molecule has 1 heteroatoms. The molecule has 0 heterocycles. The summed E-state index contributed by atoms with van der Waals surface area (Å²) in [6.45, 7) is 9.13. The third-order valence-electron chi connectivity index (χ3n) is 5.12. The number of unbranched alkanes of at least 4 members (excludes halogenated alkanes) is 6. The molecule has 0 bridgehead atoms. The third kappa shape index (κ3) is 6.97. The van der Waals surface area contributed by atoms with E-state index in [4.69, 9.17) is 0 Å². The average Bonchev–Trinajstić information content (AvgIpc) is 2.55. The van der Waals surface area contributed by atoms with E-state index in [0.29, 0.717) is 17.6 Å². The summed E-state index contributed by atoms with van der Waals surface area (Å²) in [7, 11) is 0. The van der Waals surface area contributed by atoms with Gasteiger partial charge in [-0.2, -0.15) is 0 Å². The van der Waals surface area contributed by atoms with E-state index < -0.39 is 0 Å². The Morgan fingerprint density at radius 1 is 0.783 bits per heavy atom. The van der Waals surface area contributed by atoms with Crippen molar-refractivity contribution in [1.82, 2.24) is 0 Å². The van der Waals surface area contributed by atoms with E-state index in [2.05, 4.69) is 33.8 Å². The van der Waals surface area contributed by atoms with E-state index in [1.807, 2.05) is 12.1 Å². The van der Waals surface area contributed by atoms with Gasteiger partial charge in [0.2, 0.25) is 0 Å². The van der Waals surface area contributed by atoms with Crippen LogP contribution < -0.4 is 0 Å². The lowest BCUT2D eigenvalue weighted by Crippen LogP contribution is -2.04. The SMILES string of the molecule is CCCCCCC(C)c1cccc(O)c1C(C)CCCCCC. The van der Waals surface area contributed by atoms with Crippen LogP contribution in [0.4, 0.5) is 0 Å². The highest BCUT2D eigenvalue weighted by atomic mass is 16.3. The molecule has 0 amide bonds. The van der Waals surface area contributed by atoms with Crippen molar-refractivity contribution in [1.29, 1.82) is 0 Å². The number of phenolic OH excluding ortho intramolecular Hbond substituents is 1. The Labute approximate surface area is 144 Å². The van der Waals surface area contributed by atoms with Crippen LogP contribution in [0.25, 0.3) is 0 Å². The van der Waals surface area contributed by atoms with E-state index in [1.54, 1.807) is 0 Å². The van der Waals surface area contributed by atoms with Crippen LogP contribution in [-0.2, 0) is 0 Å². The molecular formula is C22H38O. The first-order valence-corrected chi connectivity index (χ1v) is 9.93. The summed E-state index contributed by atoms with van der Waals surface area (Å²) < 4.78 is 0. The number of hydrogen-bond acceptors (Lipinski definition) is 1. The van der Waals surface area contributed by atoms with Crippen molar-refractivity contribution in [3.8, 4) is 5.75 Å². The summed E-state index contributed by atoms with van der Waals surface area (Å²) in [4.78, 5) is 0. The second-order valence-corrected chi connectivity index (χ2v) is 7.28. The van der Waals surface area contributed by atoms with Crippen LogP contribution in [-0.4, -0.2) is 5.11 Å². The highest BCUT2D eigenvalue weighted by Crippen LogP contribution is 2.37. The lowest BCUT2D eigenvalue weighted by atomic mass is 9.84. The molecule has 0 aliphatic heterocycles. The third-order valence-corrected chi connectivity index (χ3v) is 5.12. The summed E-state index contributed by atoms with van der Waals surface area (Å²) in [6, 6.07) is 6.12. The Balaban J connectivity index is 2.70. The largest absolute Gasteiger partial charge is 0.508 e.